The number of carboxylic acid groups (broad SMARTS) is 1. The molecule has 0 saturated heterocycles. The fourth-order valence-corrected chi connectivity index (χ4v) is 2.13. The molecule has 0 aliphatic heterocycles. The highest BCUT2D eigenvalue weighted by Gasteiger charge is 2.26. The van der Waals surface area contributed by atoms with Crippen LogP contribution in [0.4, 0.5) is 13.2 Å². The van der Waals surface area contributed by atoms with Gasteiger partial charge in [0.25, 0.3) is 0 Å². The summed E-state index contributed by atoms with van der Waals surface area (Å²) in [6.07, 6.45) is -4.76. The Bertz CT molecular complexity index is 622. The van der Waals surface area contributed by atoms with Crippen LogP contribution in [-0.4, -0.2) is 38.5 Å². The molecule has 1 aromatic rings. The first kappa shape index (κ1) is 17.3. The number of ether oxygens (including phenoxy) is 1. The van der Waals surface area contributed by atoms with E-state index >= 15 is 0 Å². The summed E-state index contributed by atoms with van der Waals surface area (Å²) < 4.78 is 63.5. The lowest BCUT2D eigenvalue weighted by Gasteiger charge is -2.11. The van der Waals surface area contributed by atoms with Gasteiger partial charge in [0, 0.05) is 12.7 Å². The van der Waals surface area contributed by atoms with Crippen LogP contribution in [0.15, 0.2) is 23.1 Å². The molecule has 1 rings (SSSR count). The first-order valence-corrected chi connectivity index (χ1v) is 7.67. The molecule has 0 radical (unpaired) electrons. The molecule has 1 N–H and O–H groups in total. The largest absolute Gasteiger partial charge is 0.493 e. The van der Waals surface area contributed by atoms with Crippen LogP contribution in [0, 0.1) is 0 Å². The standard InChI is InChI=1S/C12H13F3O5S/c1-21(18,19)8-3-4-10(9(7-8)11(16)17)20-6-2-5-12(13,14)15/h3-4,7H,2,5-6H2,1H3,(H,16,17). The van der Waals surface area contributed by atoms with Crippen molar-refractivity contribution in [1.82, 2.24) is 0 Å². The van der Waals surface area contributed by atoms with Crippen molar-refractivity contribution < 1.29 is 36.2 Å². The van der Waals surface area contributed by atoms with Gasteiger partial charge in [-0.2, -0.15) is 13.2 Å². The maximum absolute atomic E-state index is 12.0. The van der Waals surface area contributed by atoms with Crippen LogP contribution < -0.4 is 4.74 Å². The number of hydrogen-bond acceptors (Lipinski definition) is 4. The quantitative estimate of drug-likeness (QED) is 0.813. The molecular weight excluding hydrogens is 313 g/mol. The van der Waals surface area contributed by atoms with Crippen LogP contribution in [0.2, 0.25) is 0 Å². The summed E-state index contributed by atoms with van der Waals surface area (Å²) in [6.45, 7) is -0.321. The van der Waals surface area contributed by atoms with Crippen molar-refractivity contribution in [2.75, 3.05) is 12.9 Å². The lowest BCUT2D eigenvalue weighted by molar-refractivity contribution is -0.136. The van der Waals surface area contributed by atoms with Gasteiger partial charge in [-0.3, -0.25) is 0 Å². The van der Waals surface area contributed by atoms with Crippen molar-refractivity contribution in [2.24, 2.45) is 0 Å². The number of hydrogen-bond donors (Lipinski definition) is 1. The Morgan fingerprint density at radius 3 is 2.43 bits per heavy atom. The first-order valence-electron chi connectivity index (χ1n) is 5.77. The predicted molar refractivity (Wildman–Crippen MR) is 67.3 cm³/mol. The van der Waals surface area contributed by atoms with Gasteiger partial charge in [0.2, 0.25) is 0 Å². The van der Waals surface area contributed by atoms with Gasteiger partial charge < -0.3 is 9.84 Å². The molecule has 1 aromatic carbocycles. The molecule has 0 bridgehead atoms. The number of halogens is 3. The van der Waals surface area contributed by atoms with Gasteiger partial charge in [0.1, 0.15) is 11.3 Å². The van der Waals surface area contributed by atoms with Gasteiger partial charge in [-0.05, 0) is 24.6 Å². The van der Waals surface area contributed by atoms with Gasteiger partial charge in [-0.15, -0.1) is 0 Å². The number of aromatic carboxylic acids is 1. The molecular formula is C12H13F3O5S. The second-order valence-electron chi connectivity index (χ2n) is 4.30. The topological polar surface area (TPSA) is 80.7 Å². The Morgan fingerprint density at radius 1 is 1.33 bits per heavy atom. The average molecular weight is 326 g/mol. The van der Waals surface area contributed by atoms with E-state index in [-0.39, 0.29) is 23.7 Å². The second-order valence-corrected chi connectivity index (χ2v) is 6.32. The lowest BCUT2D eigenvalue weighted by Crippen LogP contribution is -2.11. The van der Waals surface area contributed by atoms with E-state index in [1.807, 2.05) is 0 Å². The molecule has 0 atom stereocenters. The Balaban J connectivity index is 2.86. The van der Waals surface area contributed by atoms with Gasteiger partial charge in [-0.1, -0.05) is 0 Å². The average Bonchev–Trinajstić information content (AvgIpc) is 2.32. The van der Waals surface area contributed by atoms with Crippen LogP contribution in [0.5, 0.6) is 5.75 Å². The summed E-state index contributed by atoms with van der Waals surface area (Å²) in [4.78, 5) is 10.8. The molecule has 0 aliphatic carbocycles. The molecule has 0 amide bonds. The van der Waals surface area contributed by atoms with Gasteiger partial charge in [0.15, 0.2) is 9.84 Å². The third-order valence-electron chi connectivity index (χ3n) is 2.47. The van der Waals surface area contributed by atoms with E-state index in [0.29, 0.717) is 0 Å². The molecule has 0 spiro atoms. The number of sulfone groups is 1. The first-order chi connectivity index (χ1) is 9.50. The fourth-order valence-electron chi connectivity index (χ4n) is 1.49. The van der Waals surface area contributed by atoms with E-state index in [2.05, 4.69) is 0 Å². The lowest BCUT2D eigenvalue weighted by atomic mass is 10.2. The monoisotopic (exact) mass is 326 g/mol. The third-order valence-corrected chi connectivity index (χ3v) is 3.58. The summed E-state index contributed by atoms with van der Waals surface area (Å²) in [5.74, 6) is -1.59. The van der Waals surface area contributed by atoms with Crippen LogP contribution >= 0.6 is 0 Å². The van der Waals surface area contributed by atoms with Crippen molar-refractivity contribution in [2.45, 2.75) is 23.9 Å². The van der Waals surface area contributed by atoms with Crippen molar-refractivity contribution in [3.05, 3.63) is 23.8 Å². The second kappa shape index (κ2) is 6.33. The van der Waals surface area contributed by atoms with Gasteiger partial charge in [0.05, 0.1) is 11.5 Å². The minimum Gasteiger partial charge on any atom is -0.493 e. The highest BCUT2D eigenvalue weighted by molar-refractivity contribution is 7.90. The minimum absolute atomic E-state index is 0.169. The Morgan fingerprint density at radius 2 is 1.95 bits per heavy atom. The zero-order valence-electron chi connectivity index (χ0n) is 11.0. The Kier molecular flexibility index (Phi) is 5.21. The number of carboxylic acids is 1. The normalized spacial score (nSPS) is 12.2. The molecule has 0 fully saturated rings. The van der Waals surface area contributed by atoms with Crippen molar-refractivity contribution in [3.8, 4) is 5.75 Å². The summed E-state index contributed by atoms with van der Waals surface area (Å²) >= 11 is 0. The third kappa shape index (κ3) is 5.62. The Hall–Kier alpha value is -1.77. The van der Waals surface area contributed by atoms with Crippen molar-refractivity contribution in [1.29, 1.82) is 0 Å². The summed E-state index contributed by atoms with van der Waals surface area (Å²) in [5, 5.41) is 8.99. The summed E-state index contributed by atoms with van der Waals surface area (Å²) in [5.41, 5.74) is -0.412. The molecule has 21 heavy (non-hydrogen) atoms. The molecule has 0 heterocycles. The molecule has 0 unspecified atom stereocenters. The van der Waals surface area contributed by atoms with Gasteiger partial charge in [-0.25, -0.2) is 13.2 Å². The van der Waals surface area contributed by atoms with Crippen LogP contribution in [-0.2, 0) is 9.84 Å². The number of carbonyl (C=O) groups is 1. The number of rotatable bonds is 6. The van der Waals surface area contributed by atoms with Gasteiger partial charge >= 0.3 is 12.1 Å². The maximum atomic E-state index is 12.0. The minimum atomic E-state index is -4.31. The highest BCUT2D eigenvalue weighted by Crippen LogP contribution is 2.25. The Labute approximate surface area is 119 Å². The van der Waals surface area contributed by atoms with Crippen LogP contribution in [0.1, 0.15) is 23.2 Å². The van der Waals surface area contributed by atoms with E-state index < -0.39 is 34.0 Å². The summed E-state index contributed by atoms with van der Waals surface area (Å²) in [6, 6.07) is 3.17. The maximum Gasteiger partial charge on any atom is 0.389 e. The van der Waals surface area contributed by atoms with Crippen molar-refractivity contribution in [3.63, 3.8) is 0 Å². The van der Waals surface area contributed by atoms with E-state index in [1.54, 1.807) is 0 Å². The smallest absolute Gasteiger partial charge is 0.389 e. The molecule has 0 aromatic heterocycles. The fraction of sp³-hybridized carbons (Fsp3) is 0.417. The highest BCUT2D eigenvalue weighted by atomic mass is 32.2. The van der Waals surface area contributed by atoms with E-state index in [0.717, 1.165) is 24.5 Å². The zero-order chi connectivity index (χ0) is 16.3. The predicted octanol–water partition coefficient (Wildman–Crippen LogP) is 2.51. The molecule has 5 nitrogen and oxygen atoms in total. The number of alkyl halides is 3. The molecule has 9 heteroatoms. The van der Waals surface area contributed by atoms with E-state index in [4.69, 9.17) is 9.84 Å². The van der Waals surface area contributed by atoms with E-state index in [1.165, 1.54) is 0 Å². The molecule has 0 aliphatic rings. The van der Waals surface area contributed by atoms with Crippen LogP contribution in [0.3, 0.4) is 0 Å². The molecule has 0 saturated carbocycles. The molecule has 118 valence electrons. The zero-order valence-corrected chi connectivity index (χ0v) is 11.8. The van der Waals surface area contributed by atoms with Crippen molar-refractivity contribution >= 4 is 15.8 Å². The SMILES string of the molecule is CS(=O)(=O)c1ccc(OCCCC(F)(F)F)c(C(=O)O)c1. The van der Waals surface area contributed by atoms with E-state index in [9.17, 15) is 26.4 Å². The summed E-state index contributed by atoms with van der Waals surface area (Å²) in [7, 11) is -3.59. The number of benzene rings is 1. The van der Waals surface area contributed by atoms with Crippen LogP contribution in [0.25, 0.3) is 0 Å².